The van der Waals surface area contributed by atoms with Gasteiger partial charge in [0.05, 0.1) is 5.69 Å². The maximum Gasteiger partial charge on any atom is 0.138 e. The number of aromatic amines is 1. The van der Waals surface area contributed by atoms with Crippen molar-refractivity contribution in [2.45, 2.75) is 13.3 Å². The maximum atomic E-state index is 5.95. The van der Waals surface area contributed by atoms with E-state index < -0.39 is 0 Å². The van der Waals surface area contributed by atoms with E-state index in [1.807, 2.05) is 18.2 Å². The van der Waals surface area contributed by atoms with Gasteiger partial charge in [-0.25, -0.2) is 4.98 Å². The Morgan fingerprint density at radius 2 is 2.36 bits per heavy atom. The molecule has 0 aliphatic heterocycles. The number of pyridine rings is 1. The second-order valence-corrected chi connectivity index (χ2v) is 3.33. The minimum absolute atomic E-state index is 0.488. The lowest BCUT2D eigenvalue weighted by Gasteiger charge is -1.96. The van der Waals surface area contributed by atoms with Crippen molar-refractivity contribution in [1.29, 1.82) is 0 Å². The van der Waals surface area contributed by atoms with Gasteiger partial charge in [0.15, 0.2) is 0 Å². The third-order valence-electron chi connectivity index (χ3n) is 2.05. The molecule has 0 aromatic carbocycles. The molecule has 4 heteroatoms. The number of aromatic nitrogens is 3. The van der Waals surface area contributed by atoms with Gasteiger partial charge in [0.25, 0.3) is 0 Å². The summed E-state index contributed by atoms with van der Waals surface area (Å²) in [7, 11) is 0. The van der Waals surface area contributed by atoms with E-state index in [9.17, 15) is 0 Å². The summed E-state index contributed by atoms with van der Waals surface area (Å²) in [4.78, 5) is 4.00. The number of nitrogens with zero attached hydrogens (tertiary/aromatic N) is 2. The lowest BCUT2D eigenvalue weighted by molar-refractivity contribution is 0.976. The van der Waals surface area contributed by atoms with E-state index in [2.05, 4.69) is 22.1 Å². The Kier molecular flexibility index (Phi) is 2.50. The highest BCUT2D eigenvalue weighted by Gasteiger charge is 2.06. The first-order valence-corrected chi connectivity index (χ1v) is 4.84. The van der Waals surface area contributed by atoms with Crippen LogP contribution in [0.2, 0.25) is 5.15 Å². The summed E-state index contributed by atoms with van der Waals surface area (Å²) in [6.45, 7) is 2.07. The third-order valence-corrected chi connectivity index (χ3v) is 2.35. The molecule has 0 spiro atoms. The van der Waals surface area contributed by atoms with Crippen LogP contribution in [-0.4, -0.2) is 15.2 Å². The molecule has 2 aromatic heterocycles. The SMILES string of the molecule is CCc1cc(-c2cccnc2Cl)n[nH]1. The molecule has 3 nitrogen and oxygen atoms in total. The summed E-state index contributed by atoms with van der Waals surface area (Å²) >= 11 is 5.95. The second-order valence-electron chi connectivity index (χ2n) is 2.97. The molecule has 0 saturated heterocycles. The van der Waals surface area contributed by atoms with Crippen LogP contribution in [-0.2, 0) is 6.42 Å². The second kappa shape index (κ2) is 3.80. The fourth-order valence-corrected chi connectivity index (χ4v) is 1.47. The summed E-state index contributed by atoms with van der Waals surface area (Å²) in [5.41, 5.74) is 2.81. The standard InChI is InChI=1S/C10H10ClN3/c1-2-7-6-9(14-13-7)8-4-3-5-12-10(8)11/h3-6H,2H2,1H3,(H,13,14). The number of aryl methyl sites for hydroxylation is 1. The Balaban J connectivity index is 2.44. The maximum absolute atomic E-state index is 5.95. The van der Waals surface area contributed by atoms with Crippen LogP contribution in [0.4, 0.5) is 0 Å². The van der Waals surface area contributed by atoms with Gasteiger partial charge < -0.3 is 0 Å². The van der Waals surface area contributed by atoms with Crippen molar-refractivity contribution in [3.63, 3.8) is 0 Å². The number of nitrogens with one attached hydrogen (secondary N) is 1. The van der Waals surface area contributed by atoms with Gasteiger partial charge in [-0.2, -0.15) is 5.10 Å². The highest BCUT2D eigenvalue weighted by Crippen LogP contribution is 2.24. The first-order valence-electron chi connectivity index (χ1n) is 4.46. The third kappa shape index (κ3) is 1.63. The molecular weight excluding hydrogens is 198 g/mol. The van der Waals surface area contributed by atoms with Crippen molar-refractivity contribution in [3.05, 3.63) is 35.2 Å². The van der Waals surface area contributed by atoms with Crippen molar-refractivity contribution in [1.82, 2.24) is 15.2 Å². The van der Waals surface area contributed by atoms with Gasteiger partial charge in [-0.05, 0) is 24.6 Å². The highest BCUT2D eigenvalue weighted by molar-refractivity contribution is 6.32. The molecule has 2 aromatic rings. The van der Waals surface area contributed by atoms with Gasteiger partial charge in [-0.1, -0.05) is 18.5 Å². The predicted octanol–water partition coefficient (Wildman–Crippen LogP) is 2.69. The first-order chi connectivity index (χ1) is 6.81. The van der Waals surface area contributed by atoms with Crippen LogP contribution >= 0.6 is 11.6 Å². The molecule has 2 heterocycles. The summed E-state index contributed by atoms with van der Waals surface area (Å²) in [6.07, 6.45) is 2.60. The molecule has 0 aliphatic rings. The average molecular weight is 208 g/mol. The molecule has 72 valence electrons. The molecular formula is C10H10ClN3. The summed E-state index contributed by atoms with van der Waals surface area (Å²) < 4.78 is 0. The number of H-pyrrole nitrogens is 1. The van der Waals surface area contributed by atoms with Gasteiger partial charge in [-0.3, -0.25) is 5.10 Å². The topological polar surface area (TPSA) is 41.6 Å². The monoisotopic (exact) mass is 207 g/mol. The summed E-state index contributed by atoms with van der Waals surface area (Å²) in [5.74, 6) is 0. The van der Waals surface area contributed by atoms with Gasteiger partial charge in [-0.15, -0.1) is 0 Å². The van der Waals surface area contributed by atoms with Crippen molar-refractivity contribution >= 4 is 11.6 Å². The van der Waals surface area contributed by atoms with Crippen LogP contribution in [0, 0.1) is 0 Å². The van der Waals surface area contributed by atoms with Gasteiger partial charge in [0.2, 0.25) is 0 Å². The Bertz CT molecular complexity index is 436. The lowest BCUT2D eigenvalue weighted by Crippen LogP contribution is -1.81. The Labute approximate surface area is 87.1 Å². The Morgan fingerprint density at radius 1 is 1.50 bits per heavy atom. The Morgan fingerprint density at radius 3 is 3.00 bits per heavy atom. The minimum atomic E-state index is 0.488. The zero-order valence-corrected chi connectivity index (χ0v) is 8.54. The van der Waals surface area contributed by atoms with Crippen molar-refractivity contribution < 1.29 is 0 Å². The smallest absolute Gasteiger partial charge is 0.138 e. The van der Waals surface area contributed by atoms with Crippen LogP contribution in [0.15, 0.2) is 24.4 Å². The molecule has 0 bridgehead atoms. The van der Waals surface area contributed by atoms with Crippen LogP contribution in [0.3, 0.4) is 0 Å². The number of rotatable bonds is 2. The van der Waals surface area contributed by atoms with E-state index in [0.717, 1.165) is 23.4 Å². The van der Waals surface area contributed by atoms with Gasteiger partial charge >= 0.3 is 0 Å². The van der Waals surface area contributed by atoms with Gasteiger partial charge in [0.1, 0.15) is 5.15 Å². The van der Waals surface area contributed by atoms with Crippen molar-refractivity contribution in [2.24, 2.45) is 0 Å². The molecule has 14 heavy (non-hydrogen) atoms. The van der Waals surface area contributed by atoms with E-state index in [1.165, 1.54) is 0 Å². The van der Waals surface area contributed by atoms with E-state index in [1.54, 1.807) is 6.20 Å². The van der Waals surface area contributed by atoms with Crippen LogP contribution in [0.1, 0.15) is 12.6 Å². The van der Waals surface area contributed by atoms with Crippen LogP contribution in [0.25, 0.3) is 11.3 Å². The lowest BCUT2D eigenvalue weighted by atomic mass is 10.2. The predicted molar refractivity (Wildman–Crippen MR) is 56.2 cm³/mol. The molecule has 0 unspecified atom stereocenters. The van der Waals surface area contributed by atoms with E-state index in [4.69, 9.17) is 11.6 Å². The summed E-state index contributed by atoms with van der Waals surface area (Å²) in [6, 6.07) is 5.75. The van der Waals surface area contributed by atoms with E-state index in [0.29, 0.717) is 5.15 Å². The largest absolute Gasteiger partial charge is 0.282 e. The molecule has 0 amide bonds. The van der Waals surface area contributed by atoms with E-state index in [-0.39, 0.29) is 0 Å². The Hall–Kier alpha value is -1.35. The first kappa shape index (κ1) is 9.21. The fourth-order valence-electron chi connectivity index (χ4n) is 1.26. The molecule has 0 atom stereocenters. The molecule has 0 fully saturated rings. The fraction of sp³-hybridized carbons (Fsp3) is 0.200. The number of hydrogen-bond acceptors (Lipinski definition) is 2. The molecule has 0 saturated carbocycles. The summed E-state index contributed by atoms with van der Waals surface area (Å²) in [5, 5.41) is 7.60. The quantitative estimate of drug-likeness (QED) is 0.770. The zero-order valence-electron chi connectivity index (χ0n) is 7.79. The number of hydrogen-bond donors (Lipinski definition) is 1. The van der Waals surface area contributed by atoms with E-state index >= 15 is 0 Å². The average Bonchev–Trinajstić information content (AvgIpc) is 2.67. The minimum Gasteiger partial charge on any atom is -0.282 e. The van der Waals surface area contributed by atoms with Crippen LogP contribution in [0.5, 0.6) is 0 Å². The molecule has 0 radical (unpaired) electrons. The molecule has 1 N–H and O–H groups in total. The van der Waals surface area contributed by atoms with Crippen molar-refractivity contribution in [2.75, 3.05) is 0 Å². The van der Waals surface area contributed by atoms with Gasteiger partial charge in [0, 0.05) is 17.5 Å². The van der Waals surface area contributed by atoms with Crippen LogP contribution < -0.4 is 0 Å². The highest BCUT2D eigenvalue weighted by atomic mass is 35.5. The van der Waals surface area contributed by atoms with Crippen molar-refractivity contribution in [3.8, 4) is 11.3 Å². The normalized spacial score (nSPS) is 10.4. The number of halogens is 1. The molecule has 0 aliphatic carbocycles. The molecule has 2 rings (SSSR count). The zero-order chi connectivity index (χ0) is 9.97.